The van der Waals surface area contributed by atoms with Crippen LogP contribution in [0.15, 0.2) is 66.7 Å². The Morgan fingerprint density at radius 1 is 1.00 bits per heavy atom. The maximum atomic E-state index is 13.0. The molecule has 1 aliphatic carbocycles. The number of rotatable bonds is 5. The Hall–Kier alpha value is -3.54. The lowest BCUT2D eigenvalue weighted by atomic mass is 9.78. The quantitative estimate of drug-likeness (QED) is 0.320. The number of allylic oxidation sites excluding steroid dienone is 2. The predicted octanol–water partition coefficient (Wildman–Crippen LogP) is 3.82. The standard InChI is InChI=1S/C25H23NO5/c1-15-8-6-13-20-21(15)24(29)26(23(20)28)19-12-7-11-18(14-19)25(30)31-16(2)22(27)17-9-4-3-5-10-17/h3-12,14-16,20-21H,13H2,1-2H3/t15-,16-,20+,21+/m0/s1. The Balaban J connectivity index is 1.52. The fourth-order valence-electron chi connectivity index (χ4n) is 4.29. The molecule has 2 aromatic rings. The zero-order valence-electron chi connectivity index (χ0n) is 17.4. The molecule has 31 heavy (non-hydrogen) atoms. The molecular formula is C25H23NO5. The fraction of sp³-hybridized carbons (Fsp3) is 0.280. The van der Waals surface area contributed by atoms with Crippen molar-refractivity contribution in [1.29, 1.82) is 0 Å². The average Bonchev–Trinajstić information content (AvgIpc) is 3.04. The topological polar surface area (TPSA) is 80.8 Å². The molecule has 6 nitrogen and oxygen atoms in total. The summed E-state index contributed by atoms with van der Waals surface area (Å²) in [5.74, 6) is -2.25. The van der Waals surface area contributed by atoms with Crippen LogP contribution < -0.4 is 4.90 Å². The van der Waals surface area contributed by atoms with Crippen molar-refractivity contribution in [2.45, 2.75) is 26.4 Å². The first-order valence-corrected chi connectivity index (χ1v) is 10.3. The van der Waals surface area contributed by atoms with Gasteiger partial charge in [-0.1, -0.05) is 55.5 Å². The van der Waals surface area contributed by atoms with Crippen LogP contribution in [-0.2, 0) is 14.3 Å². The molecule has 2 amide bonds. The van der Waals surface area contributed by atoms with Crippen molar-refractivity contribution in [3.8, 4) is 0 Å². The summed E-state index contributed by atoms with van der Waals surface area (Å²) in [7, 11) is 0. The van der Waals surface area contributed by atoms with Gasteiger partial charge in [0, 0.05) is 5.56 Å². The normalized spacial score (nSPS) is 23.4. The van der Waals surface area contributed by atoms with Gasteiger partial charge in [0.05, 0.1) is 23.1 Å². The van der Waals surface area contributed by atoms with E-state index in [0.29, 0.717) is 17.7 Å². The molecule has 1 heterocycles. The molecule has 1 fully saturated rings. The van der Waals surface area contributed by atoms with Gasteiger partial charge in [-0.05, 0) is 37.5 Å². The van der Waals surface area contributed by atoms with Gasteiger partial charge in [-0.2, -0.15) is 0 Å². The molecule has 0 N–H and O–H groups in total. The van der Waals surface area contributed by atoms with Crippen molar-refractivity contribution < 1.29 is 23.9 Å². The van der Waals surface area contributed by atoms with Gasteiger partial charge in [-0.15, -0.1) is 0 Å². The number of imide groups is 1. The molecule has 0 saturated carbocycles. The van der Waals surface area contributed by atoms with Crippen molar-refractivity contribution >= 4 is 29.3 Å². The number of ketones is 1. The van der Waals surface area contributed by atoms with Crippen LogP contribution in [0, 0.1) is 17.8 Å². The predicted molar refractivity (Wildman–Crippen MR) is 114 cm³/mol. The third kappa shape index (κ3) is 3.81. The molecule has 1 aliphatic heterocycles. The summed E-state index contributed by atoms with van der Waals surface area (Å²) in [5.41, 5.74) is 0.968. The van der Waals surface area contributed by atoms with Crippen molar-refractivity contribution in [3.05, 3.63) is 77.9 Å². The zero-order chi connectivity index (χ0) is 22.1. The van der Waals surface area contributed by atoms with Crippen molar-refractivity contribution in [3.63, 3.8) is 0 Å². The highest BCUT2D eigenvalue weighted by atomic mass is 16.5. The lowest BCUT2D eigenvalue weighted by molar-refractivity contribution is -0.122. The minimum atomic E-state index is -0.969. The van der Waals surface area contributed by atoms with Crippen LogP contribution in [0.25, 0.3) is 0 Å². The van der Waals surface area contributed by atoms with Gasteiger partial charge < -0.3 is 4.74 Å². The van der Waals surface area contributed by atoms with E-state index in [1.807, 2.05) is 19.1 Å². The molecule has 2 aromatic carbocycles. The lowest BCUT2D eigenvalue weighted by Crippen LogP contribution is -2.32. The van der Waals surface area contributed by atoms with Crippen LogP contribution in [0.4, 0.5) is 5.69 Å². The minimum Gasteiger partial charge on any atom is -0.451 e. The number of carbonyl (C=O) groups excluding carboxylic acids is 4. The van der Waals surface area contributed by atoms with E-state index in [0.717, 1.165) is 0 Å². The lowest BCUT2D eigenvalue weighted by Gasteiger charge is -2.22. The molecule has 0 unspecified atom stereocenters. The van der Waals surface area contributed by atoms with Crippen molar-refractivity contribution in [2.75, 3.05) is 4.90 Å². The monoisotopic (exact) mass is 417 g/mol. The number of ether oxygens (including phenoxy) is 1. The van der Waals surface area contributed by atoms with Crippen LogP contribution >= 0.6 is 0 Å². The first-order chi connectivity index (χ1) is 14.9. The number of anilines is 1. The highest BCUT2D eigenvalue weighted by Gasteiger charge is 2.50. The molecule has 6 heteroatoms. The molecule has 0 bridgehead atoms. The van der Waals surface area contributed by atoms with Gasteiger partial charge in [0.2, 0.25) is 17.6 Å². The first kappa shape index (κ1) is 20.7. The largest absolute Gasteiger partial charge is 0.451 e. The van der Waals surface area contributed by atoms with Crippen LogP contribution in [0.1, 0.15) is 41.0 Å². The van der Waals surface area contributed by atoms with E-state index in [-0.39, 0.29) is 40.9 Å². The van der Waals surface area contributed by atoms with Crippen molar-refractivity contribution in [1.82, 2.24) is 0 Å². The Morgan fingerprint density at radius 2 is 1.71 bits per heavy atom. The summed E-state index contributed by atoms with van der Waals surface area (Å²) < 4.78 is 5.35. The number of nitrogens with zero attached hydrogens (tertiary/aromatic N) is 1. The molecule has 0 aromatic heterocycles. The molecule has 2 aliphatic rings. The third-order valence-electron chi connectivity index (χ3n) is 5.92. The van der Waals surface area contributed by atoms with E-state index in [1.165, 1.54) is 24.0 Å². The van der Waals surface area contributed by atoms with E-state index < -0.39 is 12.1 Å². The molecule has 0 radical (unpaired) electrons. The average molecular weight is 417 g/mol. The summed E-state index contributed by atoms with van der Waals surface area (Å²) in [6.07, 6.45) is 3.48. The van der Waals surface area contributed by atoms with Crippen LogP contribution in [0.2, 0.25) is 0 Å². The second kappa shape index (κ2) is 8.30. The smallest absolute Gasteiger partial charge is 0.338 e. The Bertz CT molecular complexity index is 1070. The van der Waals surface area contributed by atoms with E-state index in [1.54, 1.807) is 42.5 Å². The van der Waals surface area contributed by atoms with E-state index >= 15 is 0 Å². The number of Topliss-reactive ketones (excluding diaryl/α,β-unsaturated/α-hetero) is 1. The summed E-state index contributed by atoms with van der Waals surface area (Å²) in [6, 6.07) is 14.8. The van der Waals surface area contributed by atoms with Gasteiger partial charge in [0.1, 0.15) is 0 Å². The molecular weight excluding hydrogens is 394 g/mol. The molecule has 158 valence electrons. The Morgan fingerprint density at radius 3 is 2.42 bits per heavy atom. The number of carbonyl (C=O) groups is 4. The van der Waals surface area contributed by atoms with Crippen LogP contribution in [0.5, 0.6) is 0 Å². The third-order valence-corrected chi connectivity index (χ3v) is 5.92. The highest BCUT2D eigenvalue weighted by Crippen LogP contribution is 2.40. The summed E-state index contributed by atoms with van der Waals surface area (Å²) in [6.45, 7) is 3.45. The number of benzene rings is 2. The highest BCUT2D eigenvalue weighted by molar-refractivity contribution is 6.22. The van der Waals surface area contributed by atoms with E-state index in [4.69, 9.17) is 4.74 Å². The van der Waals surface area contributed by atoms with Gasteiger partial charge in [0.15, 0.2) is 6.10 Å². The summed E-state index contributed by atoms with van der Waals surface area (Å²) >= 11 is 0. The van der Waals surface area contributed by atoms with Gasteiger partial charge in [-0.25, -0.2) is 4.79 Å². The molecule has 0 spiro atoms. The summed E-state index contributed by atoms with van der Waals surface area (Å²) in [4.78, 5) is 52.2. The second-order valence-corrected chi connectivity index (χ2v) is 8.00. The minimum absolute atomic E-state index is 0.0156. The van der Waals surface area contributed by atoms with Gasteiger partial charge in [0.25, 0.3) is 0 Å². The summed E-state index contributed by atoms with van der Waals surface area (Å²) in [5, 5.41) is 0. The van der Waals surface area contributed by atoms with E-state index in [2.05, 4.69) is 0 Å². The number of hydrogen-bond donors (Lipinski definition) is 0. The number of amides is 2. The Labute approximate surface area is 180 Å². The van der Waals surface area contributed by atoms with Crippen LogP contribution in [-0.4, -0.2) is 29.7 Å². The number of hydrogen-bond acceptors (Lipinski definition) is 5. The van der Waals surface area contributed by atoms with Gasteiger partial charge >= 0.3 is 5.97 Å². The maximum Gasteiger partial charge on any atom is 0.338 e. The fourth-order valence-corrected chi connectivity index (χ4v) is 4.29. The second-order valence-electron chi connectivity index (χ2n) is 8.00. The van der Waals surface area contributed by atoms with Crippen molar-refractivity contribution in [2.24, 2.45) is 17.8 Å². The maximum absolute atomic E-state index is 13.0. The molecule has 4 rings (SSSR count). The number of esters is 1. The van der Waals surface area contributed by atoms with Gasteiger partial charge in [-0.3, -0.25) is 19.3 Å². The molecule has 1 saturated heterocycles. The number of fused-ring (bicyclic) bond motifs is 1. The Kier molecular flexibility index (Phi) is 5.55. The molecule has 4 atom stereocenters. The SMILES string of the molecule is C[C@H](OC(=O)c1cccc(N2C(=O)[C@@H]3[C@@H](C)C=CC[C@H]3C2=O)c1)C(=O)c1ccccc1. The zero-order valence-corrected chi connectivity index (χ0v) is 17.4. The van der Waals surface area contributed by atoms with Crippen LogP contribution in [0.3, 0.4) is 0 Å². The first-order valence-electron chi connectivity index (χ1n) is 10.3. The van der Waals surface area contributed by atoms with E-state index in [9.17, 15) is 19.2 Å².